The minimum atomic E-state index is -0.597. The largest absolute Gasteiger partial charge is 0.368 e. The van der Waals surface area contributed by atoms with Crippen LogP contribution in [0.15, 0.2) is 0 Å². The third-order valence-corrected chi connectivity index (χ3v) is 3.56. The van der Waals surface area contributed by atoms with Gasteiger partial charge in [-0.25, -0.2) is 0 Å². The van der Waals surface area contributed by atoms with Crippen LogP contribution < -0.4 is 0 Å². The summed E-state index contributed by atoms with van der Waals surface area (Å²) in [5.41, 5.74) is -0.597. The third-order valence-electron chi connectivity index (χ3n) is 3.56. The summed E-state index contributed by atoms with van der Waals surface area (Å²) in [5, 5.41) is 0. The van der Waals surface area contributed by atoms with E-state index in [4.69, 9.17) is 4.74 Å². The summed E-state index contributed by atoms with van der Waals surface area (Å²) in [6, 6.07) is 0. The van der Waals surface area contributed by atoms with Crippen LogP contribution >= 0.6 is 0 Å². The van der Waals surface area contributed by atoms with Crippen molar-refractivity contribution in [2.24, 2.45) is 0 Å². The molecule has 0 aliphatic carbocycles. The molecule has 0 rings (SSSR count). The van der Waals surface area contributed by atoms with Gasteiger partial charge in [0.2, 0.25) is 0 Å². The quantitative estimate of drug-likeness (QED) is 0.464. The summed E-state index contributed by atoms with van der Waals surface area (Å²) in [6.07, 6.45) is 11.8. The van der Waals surface area contributed by atoms with Gasteiger partial charge in [0.1, 0.15) is 5.60 Å². The molecule has 18 heavy (non-hydrogen) atoms. The van der Waals surface area contributed by atoms with E-state index < -0.39 is 5.60 Å². The molecule has 0 N–H and O–H groups in total. The van der Waals surface area contributed by atoms with Crippen LogP contribution in [0.1, 0.15) is 85.5 Å². The van der Waals surface area contributed by atoms with Crippen LogP contribution in [0.5, 0.6) is 0 Å². The molecule has 0 atom stereocenters. The van der Waals surface area contributed by atoms with Gasteiger partial charge in [-0.15, -0.1) is 0 Å². The Morgan fingerprint density at radius 1 is 0.889 bits per heavy atom. The minimum Gasteiger partial charge on any atom is -0.368 e. The number of carbonyl (C=O) groups is 1. The molecule has 0 unspecified atom stereocenters. The molecule has 0 aliphatic rings. The Balaban J connectivity index is 3.24. The fourth-order valence-electron chi connectivity index (χ4n) is 1.84. The first-order chi connectivity index (χ1) is 8.50. The third kappa shape index (κ3) is 9.64. The predicted molar refractivity (Wildman–Crippen MR) is 77.9 cm³/mol. The molecule has 0 aromatic carbocycles. The van der Waals surface area contributed by atoms with Crippen molar-refractivity contribution in [3.05, 3.63) is 0 Å². The van der Waals surface area contributed by atoms with E-state index >= 15 is 0 Å². The van der Waals surface area contributed by atoms with E-state index in [0.717, 1.165) is 6.42 Å². The molecule has 108 valence electrons. The van der Waals surface area contributed by atoms with E-state index in [2.05, 4.69) is 6.92 Å². The molecule has 0 fully saturated rings. The maximum absolute atomic E-state index is 11.2. The molecule has 0 aromatic heterocycles. The van der Waals surface area contributed by atoms with Gasteiger partial charge in [0, 0.05) is 6.61 Å². The van der Waals surface area contributed by atoms with Crippen molar-refractivity contribution >= 4 is 5.78 Å². The summed E-state index contributed by atoms with van der Waals surface area (Å²) in [4.78, 5) is 11.2. The van der Waals surface area contributed by atoms with E-state index in [-0.39, 0.29) is 5.78 Å². The van der Waals surface area contributed by atoms with E-state index in [1.165, 1.54) is 51.4 Å². The number of hydrogen-bond donors (Lipinski definition) is 0. The van der Waals surface area contributed by atoms with Crippen molar-refractivity contribution in [3.63, 3.8) is 0 Å². The standard InChI is InChI=1S/C16H32O2/c1-5-6-7-8-9-10-11-12-13-14-18-16(3,4)15(2)17/h5-14H2,1-4H3. The van der Waals surface area contributed by atoms with Gasteiger partial charge >= 0.3 is 0 Å². The van der Waals surface area contributed by atoms with Gasteiger partial charge in [-0.1, -0.05) is 58.3 Å². The van der Waals surface area contributed by atoms with E-state index in [9.17, 15) is 4.79 Å². The second-order valence-electron chi connectivity index (χ2n) is 5.74. The molecule has 0 spiro atoms. The highest BCUT2D eigenvalue weighted by molar-refractivity contribution is 5.83. The molecule has 0 bridgehead atoms. The van der Waals surface area contributed by atoms with Crippen LogP contribution in [-0.4, -0.2) is 18.0 Å². The molecule has 0 aromatic rings. The number of carbonyl (C=O) groups excluding carboxylic acids is 1. The summed E-state index contributed by atoms with van der Waals surface area (Å²) in [6.45, 7) is 8.26. The second kappa shape index (κ2) is 10.5. The number of ether oxygens (including phenoxy) is 1. The average Bonchev–Trinajstić information content (AvgIpc) is 2.31. The molecule has 2 heteroatoms. The Morgan fingerprint density at radius 3 is 1.78 bits per heavy atom. The SMILES string of the molecule is CCCCCCCCCCCOC(C)(C)C(C)=O. The Labute approximate surface area is 113 Å². The monoisotopic (exact) mass is 256 g/mol. The van der Waals surface area contributed by atoms with Crippen LogP contribution in [0.25, 0.3) is 0 Å². The zero-order valence-corrected chi connectivity index (χ0v) is 12.9. The molecule has 0 radical (unpaired) electrons. The van der Waals surface area contributed by atoms with Crippen molar-refractivity contribution in [1.29, 1.82) is 0 Å². The average molecular weight is 256 g/mol. The zero-order valence-electron chi connectivity index (χ0n) is 12.9. The van der Waals surface area contributed by atoms with Gasteiger partial charge in [-0.2, -0.15) is 0 Å². The number of Topliss-reactive ketones (excluding diaryl/α,β-unsaturated/α-hetero) is 1. The van der Waals surface area contributed by atoms with Gasteiger partial charge in [0.25, 0.3) is 0 Å². The van der Waals surface area contributed by atoms with Gasteiger partial charge < -0.3 is 4.74 Å². The lowest BCUT2D eigenvalue weighted by Gasteiger charge is -2.21. The highest BCUT2D eigenvalue weighted by atomic mass is 16.5. The highest BCUT2D eigenvalue weighted by Gasteiger charge is 2.23. The first kappa shape index (κ1) is 17.6. The van der Waals surface area contributed by atoms with E-state index in [1.807, 2.05) is 13.8 Å². The molecular weight excluding hydrogens is 224 g/mol. The smallest absolute Gasteiger partial charge is 0.160 e. The summed E-state index contributed by atoms with van der Waals surface area (Å²) in [7, 11) is 0. The zero-order chi connectivity index (χ0) is 13.9. The number of ketones is 1. The van der Waals surface area contributed by atoms with Crippen molar-refractivity contribution in [2.45, 2.75) is 91.1 Å². The van der Waals surface area contributed by atoms with Gasteiger partial charge in [-0.3, -0.25) is 4.79 Å². The number of unbranched alkanes of at least 4 members (excludes halogenated alkanes) is 8. The molecule has 2 nitrogen and oxygen atoms in total. The molecule has 0 saturated carbocycles. The summed E-state index contributed by atoms with van der Waals surface area (Å²) in [5.74, 6) is 0.110. The number of hydrogen-bond acceptors (Lipinski definition) is 2. The predicted octanol–water partition coefficient (Wildman–Crippen LogP) is 4.90. The maximum atomic E-state index is 11.2. The fourth-order valence-corrected chi connectivity index (χ4v) is 1.84. The lowest BCUT2D eigenvalue weighted by Crippen LogP contribution is -2.33. The topological polar surface area (TPSA) is 26.3 Å². The lowest BCUT2D eigenvalue weighted by molar-refractivity contribution is -0.138. The van der Waals surface area contributed by atoms with Crippen LogP contribution in [-0.2, 0) is 9.53 Å². The fraction of sp³-hybridized carbons (Fsp3) is 0.938. The normalized spacial score (nSPS) is 11.8. The first-order valence-corrected chi connectivity index (χ1v) is 7.65. The Morgan fingerprint density at radius 2 is 1.33 bits per heavy atom. The van der Waals surface area contributed by atoms with E-state index in [1.54, 1.807) is 6.92 Å². The Bertz CT molecular complexity index is 209. The Hall–Kier alpha value is -0.370. The maximum Gasteiger partial charge on any atom is 0.160 e. The molecule has 0 amide bonds. The van der Waals surface area contributed by atoms with Crippen molar-refractivity contribution < 1.29 is 9.53 Å². The lowest BCUT2D eigenvalue weighted by atomic mass is 10.1. The van der Waals surface area contributed by atoms with Crippen LogP contribution in [0.2, 0.25) is 0 Å². The molecular formula is C16H32O2. The van der Waals surface area contributed by atoms with Crippen LogP contribution in [0, 0.1) is 0 Å². The summed E-state index contributed by atoms with van der Waals surface area (Å²) < 4.78 is 5.60. The molecule has 0 saturated heterocycles. The van der Waals surface area contributed by atoms with Gasteiger partial charge in [-0.05, 0) is 27.2 Å². The van der Waals surface area contributed by atoms with E-state index in [0.29, 0.717) is 6.61 Å². The van der Waals surface area contributed by atoms with Crippen LogP contribution in [0.3, 0.4) is 0 Å². The molecule has 0 aliphatic heterocycles. The number of rotatable bonds is 12. The van der Waals surface area contributed by atoms with Crippen LogP contribution in [0.4, 0.5) is 0 Å². The first-order valence-electron chi connectivity index (χ1n) is 7.65. The second-order valence-corrected chi connectivity index (χ2v) is 5.74. The van der Waals surface area contributed by atoms with Crippen molar-refractivity contribution in [3.8, 4) is 0 Å². The Kier molecular flexibility index (Phi) is 10.3. The van der Waals surface area contributed by atoms with Gasteiger partial charge in [0.05, 0.1) is 0 Å². The minimum absolute atomic E-state index is 0.110. The van der Waals surface area contributed by atoms with Gasteiger partial charge in [0.15, 0.2) is 5.78 Å². The highest BCUT2D eigenvalue weighted by Crippen LogP contribution is 2.13. The van der Waals surface area contributed by atoms with Crippen molar-refractivity contribution in [1.82, 2.24) is 0 Å². The van der Waals surface area contributed by atoms with Crippen molar-refractivity contribution in [2.75, 3.05) is 6.61 Å². The summed E-state index contributed by atoms with van der Waals surface area (Å²) >= 11 is 0. The molecule has 0 heterocycles.